The first-order valence-corrected chi connectivity index (χ1v) is 6.90. The second-order valence-electron chi connectivity index (χ2n) is 6.35. The van der Waals surface area contributed by atoms with E-state index in [1.54, 1.807) is 6.20 Å². The second-order valence-corrected chi connectivity index (χ2v) is 6.35. The molecule has 1 fully saturated rings. The van der Waals surface area contributed by atoms with Gasteiger partial charge in [-0.05, 0) is 58.7 Å². The molecule has 0 radical (unpaired) electrons. The van der Waals surface area contributed by atoms with E-state index in [0.29, 0.717) is 0 Å². The molecule has 1 aromatic rings. The minimum atomic E-state index is -0.481. The molecule has 5 heteroatoms. The van der Waals surface area contributed by atoms with Gasteiger partial charge in [-0.15, -0.1) is 0 Å². The number of hydrogen-bond acceptors (Lipinski definition) is 4. The van der Waals surface area contributed by atoms with Crippen molar-refractivity contribution in [3.63, 3.8) is 0 Å². The zero-order valence-corrected chi connectivity index (χ0v) is 13.0. The number of hydrogen-bond donors (Lipinski definition) is 0. The number of nitriles is 1. The van der Waals surface area contributed by atoms with E-state index in [-0.39, 0.29) is 17.1 Å². The van der Waals surface area contributed by atoms with Gasteiger partial charge in [0.25, 0.3) is 0 Å². The van der Waals surface area contributed by atoms with Gasteiger partial charge in [0, 0.05) is 6.20 Å². The standard InChI is InChI=1S/C15H21BN2O2/c1-10(9-17)12-7-8-18-13(11(12)2)16-19-14(3,4)15(5,6)20-16/h7-8,10H,1-6H3. The Bertz CT molecular complexity index is 547. The SMILES string of the molecule is Cc1c(C(C)C#N)ccnc1B1OC(C)(C)C(C)(C)O1. The van der Waals surface area contributed by atoms with Crippen molar-refractivity contribution in [1.29, 1.82) is 5.26 Å². The molecule has 0 spiro atoms. The van der Waals surface area contributed by atoms with E-state index in [1.807, 2.05) is 47.6 Å². The predicted molar refractivity (Wildman–Crippen MR) is 78.7 cm³/mol. The summed E-state index contributed by atoms with van der Waals surface area (Å²) in [6.45, 7) is 11.9. The quantitative estimate of drug-likeness (QED) is 0.775. The van der Waals surface area contributed by atoms with Crippen LogP contribution in [0.1, 0.15) is 51.7 Å². The number of nitrogens with zero attached hydrogens (tertiary/aromatic N) is 2. The van der Waals surface area contributed by atoms with Crippen molar-refractivity contribution in [1.82, 2.24) is 4.98 Å². The maximum Gasteiger partial charge on any atom is 0.514 e. The molecule has 0 aromatic carbocycles. The summed E-state index contributed by atoms with van der Waals surface area (Å²) in [6, 6.07) is 4.15. The summed E-state index contributed by atoms with van der Waals surface area (Å²) in [5.41, 5.74) is 1.95. The van der Waals surface area contributed by atoms with Crippen LogP contribution in [-0.2, 0) is 9.31 Å². The van der Waals surface area contributed by atoms with Crippen molar-refractivity contribution < 1.29 is 9.31 Å². The van der Waals surface area contributed by atoms with Crippen LogP contribution >= 0.6 is 0 Å². The first kappa shape index (κ1) is 15.0. The highest BCUT2D eigenvalue weighted by Gasteiger charge is 2.52. The largest absolute Gasteiger partial charge is 0.514 e. The van der Waals surface area contributed by atoms with E-state index in [2.05, 4.69) is 11.1 Å². The first-order valence-electron chi connectivity index (χ1n) is 6.90. The van der Waals surface area contributed by atoms with Crippen LogP contribution in [0.15, 0.2) is 12.3 Å². The average Bonchev–Trinajstić information content (AvgIpc) is 2.57. The molecule has 0 aliphatic carbocycles. The third-order valence-electron chi connectivity index (χ3n) is 4.42. The van der Waals surface area contributed by atoms with E-state index < -0.39 is 7.12 Å². The minimum absolute atomic E-state index is 0.167. The van der Waals surface area contributed by atoms with Crippen LogP contribution in [-0.4, -0.2) is 23.3 Å². The Kier molecular flexibility index (Phi) is 3.66. The molecule has 0 amide bonds. The van der Waals surface area contributed by atoms with Gasteiger partial charge < -0.3 is 9.31 Å². The molecule has 1 saturated heterocycles. The molecule has 2 heterocycles. The summed E-state index contributed by atoms with van der Waals surface area (Å²) >= 11 is 0. The number of rotatable bonds is 2. The molecule has 2 rings (SSSR count). The molecule has 1 atom stereocenters. The van der Waals surface area contributed by atoms with Gasteiger partial charge >= 0.3 is 7.12 Å². The Hall–Kier alpha value is -1.38. The van der Waals surface area contributed by atoms with Crippen LogP contribution in [0.25, 0.3) is 0 Å². The Morgan fingerprint density at radius 1 is 1.25 bits per heavy atom. The summed E-state index contributed by atoms with van der Waals surface area (Å²) in [6.07, 6.45) is 1.72. The molecule has 106 valence electrons. The van der Waals surface area contributed by atoms with Gasteiger partial charge in [0.2, 0.25) is 0 Å². The van der Waals surface area contributed by atoms with Crippen LogP contribution < -0.4 is 5.59 Å². The zero-order valence-electron chi connectivity index (χ0n) is 13.0. The minimum Gasteiger partial charge on any atom is -0.398 e. The van der Waals surface area contributed by atoms with Crippen molar-refractivity contribution in [3.05, 3.63) is 23.4 Å². The molecule has 0 N–H and O–H groups in total. The van der Waals surface area contributed by atoms with Crippen molar-refractivity contribution in [2.75, 3.05) is 0 Å². The molecular formula is C15H21BN2O2. The van der Waals surface area contributed by atoms with Crippen LogP contribution in [0, 0.1) is 18.3 Å². The lowest BCUT2D eigenvalue weighted by atomic mass is 9.78. The van der Waals surface area contributed by atoms with Gasteiger partial charge in [0.1, 0.15) is 0 Å². The highest BCUT2D eigenvalue weighted by molar-refractivity contribution is 6.61. The molecular weight excluding hydrogens is 251 g/mol. The van der Waals surface area contributed by atoms with E-state index in [4.69, 9.17) is 14.6 Å². The first-order chi connectivity index (χ1) is 9.19. The lowest BCUT2D eigenvalue weighted by molar-refractivity contribution is 0.00578. The summed E-state index contributed by atoms with van der Waals surface area (Å²) in [7, 11) is -0.481. The van der Waals surface area contributed by atoms with Gasteiger partial charge in [0.15, 0.2) is 0 Å². The van der Waals surface area contributed by atoms with Crippen LogP contribution in [0.5, 0.6) is 0 Å². The topological polar surface area (TPSA) is 55.1 Å². The van der Waals surface area contributed by atoms with Gasteiger partial charge in [0.05, 0.1) is 28.8 Å². The van der Waals surface area contributed by atoms with E-state index in [1.165, 1.54) is 0 Å². The monoisotopic (exact) mass is 272 g/mol. The predicted octanol–water partition coefficient (Wildman–Crippen LogP) is 2.32. The van der Waals surface area contributed by atoms with Crippen LogP contribution in [0.3, 0.4) is 0 Å². The van der Waals surface area contributed by atoms with Gasteiger partial charge in [-0.1, -0.05) is 0 Å². The molecule has 4 nitrogen and oxygen atoms in total. The summed E-state index contributed by atoms with van der Waals surface area (Å²) in [4.78, 5) is 4.41. The van der Waals surface area contributed by atoms with Gasteiger partial charge in [-0.25, -0.2) is 0 Å². The molecule has 0 bridgehead atoms. The Morgan fingerprint density at radius 2 is 1.80 bits per heavy atom. The third-order valence-corrected chi connectivity index (χ3v) is 4.42. The number of aromatic nitrogens is 1. The van der Waals surface area contributed by atoms with E-state index in [0.717, 1.165) is 16.7 Å². The molecule has 1 aromatic heterocycles. The van der Waals surface area contributed by atoms with Gasteiger partial charge in [-0.2, -0.15) is 5.26 Å². The van der Waals surface area contributed by atoms with Crippen molar-refractivity contribution in [3.8, 4) is 6.07 Å². The fraction of sp³-hybridized carbons (Fsp3) is 0.600. The van der Waals surface area contributed by atoms with Crippen molar-refractivity contribution >= 4 is 12.7 Å². The normalized spacial score (nSPS) is 21.6. The highest BCUT2D eigenvalue weighted by Crippen LogP contribution is 2.36. The Balaban J connectivity index is 2.39. The molecule has 1 unspecified atom stereocenters. The molecule has 1 aliphatic heterocycles. The summed E-state index contributed by atoms with van der Waals surface area (Å²) < 4.78 is 12.1. The third kappa shape index (κ3) is 2.34. The average molecular weight is 272 g/mol. The van der Waals surface area contributed by atoms with E-state index in [9.17, 15) is 0 Å². The fourth-order valence-corrected chi connectivity index (χ4v) is 2.30. The van der Waals surface area contributed by atoms with Crippen molar-refractivity contribution in [2.24, 2.45) is 0 Å². The van der Waals surface area contributed by atoms with Crippen LogP contribution in [0.2, 0.25) is 0 Å². The Morgan fingerprint density at radius 3 is 2.30 bits per heavy atom. The molecule has 0 saturated carbocycles. The zero-order chi connectivity index (χ0) is 15.1. The van der Waals surface area contributed by atoms with E-state index >= 15 is 0 Å². The highest BCUT2D eigenvalue weighted by atomic mass is 16.7. The lowest BCUT2D eigenvalue weighted by Gasteiger charge is -2.32. The number of pyridine rings is 1. The summed E-state index contributed by atoms with van der Waals surface area (Å²) in [5, 5.41) is 9.10. The Labute approximate surface area is 121 Å². The lowest BCUT2D eigenvalue weighted by Crippen LogP contribution is -2.41. The van der Waals surface area contributed by atoms with Gasteiger partial charge in [-0.3, -0.25) is 4.98 Å². The second kappa shape index (κ2) is 4.87. The fourth-order valence-electron chi connectivity index (χ4n) is 2.30. The summed E-state index contributed by atoms with van der Waals surface area (Å²) in [5.74, 6) is -0.167. The molecule has 1 aliphatic rings. The van der Waals surface area contributed by atoms with Crippen molar-refractivity contribution in [2.45, 2.75) is 58.7 Å². The smallest absolute Gasteiger partial charge is 0.398 e. The van der Waals surface area contributed by atoms with Crippen LogP contribution in [0.4, 0.5) is 0 Å². The molecule has 20 heavy (non-hydrogen) atoms. The maximum absolute atomic E-state index is 9.10. The maximum atomic E-state index is 9.10.